The summed E-state index contributed by atoms with van der Waals surface area (Å²) in [6, 6.07) is 21.0. The molecule has 0 saturated carbocycles. The summed E-state index contributed by atoms with van der Waals surface area (Å²) in [7, 11) is 1.76. The lowest BCUT2D eigenvalue weighted by atomic mass is 10.0. The molecule has 4 aromatic rings. The van der Waals surface area contributed by atoms with Crippen molar-refractivity contribution < 1.29 is 60.7 Å². The molecule has 0 radical (unpaired) electrons. The Morgan fingerprint density at radius 1 is 0.574 bits per heavy atom. The van der Waals surface area contributed by atoms with Gasteiger partial charge in [0.2, 0.25) is 5.78 Å². The van der Waals surface area contributed by atoms with E-state index < -0.39 is 22.8 Å². The van der Waals surface area contributed by atoms with E-state index in [0.717, 1.165) is 0 Å². The molecule has 0 spiro atoms. The molecule has 15 heteroatoms. The van der Waals surface area contributed by atoms with Crippen LogP contribution in [0.25, 0.3) is 0 Å². The van der Waals surface area contributed by atoms with Gasteiger partial charge in [0.05, 0.1) is 50.7 Å². The number of methoxy groups -OCH3 is 4. The molecule has 0 saturated heterocycles. The second-order valence-electron chi connectivity index (χ2n) is 13.2. The SMILES string of the molecule is CCCP(Oc1cc(OC)ccc1C(C)=O)Oc1cc(OC)ccc1C(=O)c1ccccc1OP(O/C(C)=C/C(=C\C=C(/C)C(C)=O)OC)Oc1cc(OC)ccc1C(C)=O. The molecule has 0 amide bonds. The number of ketones is 4. The Morgan fingerprint density at radius 3 is 1.54 bits per heavy atom. The molecule has 0 heterocycles. The largest absolute Gasteiger partial charge is 0.529 e. The van der Waals surface area contributed by atoms with Gasteiger partial charge < -0.3 is 41.6 Å². The second kappa shape index (κ2) is 23.0. The van der Waals surface area contributed by atoms with Gasteiger partial charge in [-0.1, -0.05) is 25.1 Å². The highest BCUT2D eigenvalue weighted by molar-refractivity contribution is 7.48. The maximum absolute atomic E-state index is 14.7. The molecular weight excluding hydrogens is 822 g/mol. The summed E-state index contributed by atoms with van der Waals surface area (Å²) in [6.45, 7) is 9.60. The minimum Gasteiger partial charge on any atom is -0.497 e. The Kier molecular flexibility index (Phi) is 17.9. The molecule has 0 N–H and O–H groups in total. The van der Waals surface area contributed by atoms with Gasteiger partial charge in [-0.2, -0.15) is 0 Å². The third-order valence-electron chi connectivity index (χ3n) is 8.71. The van der Waals surface area contributed by atoms with E-state index in [0.29, 0.717) is 52.5 Å². The molecule has 13 nitrogen and oxygen atoms in total. The van der Waals surface area contributed by atoms with Crippen molar-refractivity contribution in [2.45, 2.75) is 48.0 Å². The first-order valence-electron chi connectivity index (χ1n) is 19.0. The highest BCUT2D eigenvalue weighted by Gasteiger charge is 2.28. The van der Waals surface area contributed by atoms with Crippen LogP contribution in [0.15, 0.2) is 114 Å². The summed E-state index contributed by atoms with van der Waals surface area (Å²) in [5.41, 5.74) is 1.41. The topological polar surface area (TPSA) is 151 Å². The van der Waals surface area contributed by atoms with Crippen molar-refractivity contribution in [2.24, 2.45) is 0 Å². The highest BCUT2D eigenvalue weighted by Crippen LogP contribution is 2.48. The number of hydrogen-bond acceptors (Lipinski definition) is 13. The lowest BCUT2D eigenvalue weighted by Gasteiger charge is -2.22. The van der Waals surface area contributed by atoms with Crippen molar-refractivity contribution in [1.82, 2.24) is 0 Å². The lowest BCUT2D eigenvalue weighted by Crippen LogP contribution is -2.10. The van der Waals surface area contributed by atoms with Gasteiger partial charge in [-0.25, -0.2) is 0 Å². The van der Waals surface area contributed by atoms with Crippen molar-refractivity contribution >= 4 is 40.1 Å². The van der Waals surface area contributed by atoms with E-state index in [9.17, 15) is 19.2 Å². The van der Waals surface area contributed by atoms with E-state index in [1.54, 1.807) is 105 Å². The monoisotopic (exact) mass is 872 g/mol. The van der Waals surface area contributed by atoms with Gasteiger partial charge in [0.25, 0.3) is 8.38 Å². The van der Waals surface area contributed by atoms with E-state index in [1.165, 1.54) is 55.3 Å². The van der Waals surface area contributed by atoms with Crippen molar-refractivity contribution in [2.75, 3.05) is 34.6 Å². The predicted octanol–water partition coefficient (Wildman–Crippen LogP) is 11.2. The summed E-state index contributed by atoms with van der Waals surface area (Å²) in [5.74, 6) is 1.61. The highest BCUT2D eigenvalue weighted by atomic mass is 31.2. The van der Waals surface area contributed by atoms with Crippen LogP contribution < -0.4 is 32.3 Å². The van der Waals surface area contributed by atoms with E-state index in [-0.39, 0.29) is 57.0 Å². The number of ether oxygens (including phenoxy) is 4. The summed E-state index contributed by atoms with van der Waals surface area (Å²) < 4.78 is 53.6. The summed E-state index contributed by atoms with van der Waals surface area (Å²) in [4.78, 5) is 51.7. The molecule has 0 fully saturated rings. The minimum absolute atomic E-state index is 0.0949. The van der Waals surface area contributed by atoms with E-state index >= 15 is 0 Å². The molecule has 2 unspecified atom stereocenters. The summed E-state index contributed by atoms with van der Waals surface area (Å²) in [6.07, 6.45) is 5.93. The van der Waals surface area contributed by atoms with Crippen molar-refractivity contribution in [3.05, 3.63) is 136 Å². The van der Waals surface area contributed by atoms with Gasteiger partial charge in [-0.3, -0.25) is 19.2 Å². The zero-order valence-electron chi connectivity index (χ0n) is 35.9. The Balaban J connectivity index is 1.77. The molecule has 322 valence electrons. The van der Waals surface area contributed by atoms with Crippen molar-refractivity contribution in [1.29, 1.82) is 0 Å². The van der Waals surface area contributed by atoms with Crippen LogP contribution in [-0.4, -0.2) is 57.7 Å². The van der Waals surface area contributed by atoms with Gasteiger partial charge in [-0.05, 0) is 101 Å². The molecule has 4 rings (SSSR count). The standard InChI is InChI=1S/C46H50O13P2/c1-11-24-60(56-43-26-35(52-8)18-21-38(43)32(5)48)57-45-28-37(54-10)20-23-41(45)46(50)40-14-12-13-15-42(40)58-61(59-44-27-36(53-9)19-22-39(44)33(6)49)55-30(3)25-34(51-7)17-16-29(2)31(4)47/h12-23,25-28H,11,24H2,1-10H3/b29-16+,30-25+,34-17+. The van der Waals surface area contributed by atoms with Gasteiger partial charge in [-0.15, -0.1) is 0 Å². The van der Waals surface area contributed by atoms with Crippen molar-refractivity contribution in [3.8, 4) is 40.2 Å². The van der Waals surface area contributed by atoms with Gasteiger partial charge >= 0.3 is 8.60 Å². The number of para-hydroxylation sites is 1. The molecule has 0 aliphatic heterocycles. The molecule has 0 aliphatic rings. The summed E-state index contributed by atoms with van der Waals surface area (Å²) in [5, 5.41) is 0. The minimum atomic E-state index is -2.45. The van der Waals surface area contributed by atoms with Crippen LogP contribution in [0, 0.1) is 0 Å². The van der Waals surface area contributed by atoms with Gasteiger partial charge in [0.1, 0.15) is 51.8 Å². The first kappa shape index (κ1) is 47.5. The summed E-state index contributed by atoms with van der Waals surface area (Å²) >= 11 is 0. The number of rotatable bonds is 23. The van der Waals surface area contributed by atoms with E-state index in [4.69, 9.17) is 41.6 Å². The molecule has 0 bridgehead atoms. The zero-order chi connectivity index (χ0) is 44.6. The first-order chi connectivity index (χ1) is 29.2. The lowest BCUT2D eigenvalue weighted by molar-refractivity contribution is -0.113. The van der Waals surface area contributed by atoms with Gasteiger partial charge in [0.15, 0.2) is 17.3 Å². The number of hydrogen-bond donors (Lipinski definition) is 0. The fourth-order valence-corrected chi connectivity index (χ4v) is 7.69. The molecule has 2 atom stereocenters. The predicted molar refractivity (Wildman–Crippen MR) is 235 cm³/mol. The van der Waals surface area contributed by atoms with Gasteiger partial charge in [0, 0.05) is 30.4 Å². The van der Waals surface area contributed by atoms with Crippen molar-refractivity contribution in [3.63, 3.8) is 0 Å². The molecular formula is C46H50O13P2. The molecule has 4 aromatic carbocycles. The van der Waals surface area contributed by atoms with Crippen LogP contribution in [0.3, 0.4) is 0 Å². The Hall–Kier alpha value is -6.16. The number of benzene rings is 4. The van der Waals surface area contributed by atoms with Crippen LogP contribution in [0.1, 0.15) is 84.6 Å². The number of carbonyl (C=O) groups is 4. The Bertz CT molecular complexity index is 2310. The Morgan fingerprint density at radius 2 is 1.05 bits per heavy atom. The molecule has 61 heavy (non-hydrogen) atoms. The Labute approximate surface area is 359 Å². The molecule has 0 aromatic heterocycles. The maximum atomic E-state index is 14.7. The zero-order valence-corrected chi connectivity index (χ0v) is 37.6. The number of allylic oxidation sites excluding steroid dienone is 5. The average molecular weight is 873 g/mol. The number of Topliss-reactive ketones (excluding diaryl/α,β-unsaturated/α-hetero) is 3. The van der Waals surface area contributed by atoms with Crippen LogP contribution in [0.4, 0.5) is 0 Å². The van der Waals surface area contributed by atoms with Crippen LogP contribution in [-0.2, 0) is 14.1 Å². The van der Waals surface area contributed by atoms with Crippen LogP contribution in [0.5, 0.6) is 40.2 Å². The molecule has 0 aliphatic carbocycles. The normalized spacial score (nSPS) is 12.7. The van der Waals surface area contributed by atoms with Crippen LogP contribution >= 0.6 is 17.0 Å². The fraction of sp³-hybridized carbons (Fsp3) is 0.261. The number of carbonyl (C=O) groups excluding carboxylic acids is 4. The van der Waals surface area contributed by atoms with E-state index in [1.807, 2.05) is 6.92 Å². The average Bonchev–Trinajstić information content (AvgIpc) is 3.24. The third kappa shape index (κ3) is 13.4. The smallest absolute Gasteiger partial charge is 0.497 e. The van der Waals surface area contributed by atoms with Crippen LogP contribution in [0.2, 0.25) is 0 Å². The maximum Gasteiger partial charge on any atom is 0.529 e. The quantitative estimate of drug-likeness (QED) is 0.0229. The van der Waals surface area contributed by atoms with E-state index in [2.05, 4.69) is 0 Å². The first-order valence-corrected chi connectivity index (χ1v) is 21.5. The fourth-order valence-electron chi connectivity index (χ4n) is 5.34. The third-order valence-corrected chi connectivity index (χ3v) is 11.4. The second-order valence-corrected chi connectivity index (χ2v) is 15.7.